The zero-order valence-corrected chi connectivity index (χ0v) is 9.17. The van der Waals surface area contributed by atoms with Crippen LogP contribution in [0.25, 0.3) is 0 Å². The van der Waals surface area contributed by atoms with Crippen LogP contribution >= 0.6 is 0 Å². The highest BCUT2D eigenvalue weighted by Crippen LogP contribution is 2.20. The third-order valence-corrected chi connectivity index (χ3v) is 3.00. The lowest BCUT2D eigenvalue weighted by Crippen LogP contribution is -2.41. The molecule has 1 unspecified atom stereocenters. The molecule has 1 aliphatic heterocycles. The van der Waals surface area contributed by atoms with Crippen molar-refractivity contribution in [2.75, 3.05) is 0 Å². The van der Waals surface area contributed by atoms with Gasteiger partial charge in [-0.1, -0.05) is 32.6 Å². The fraction of sp³-hybridized carbons (Fsp3) is 0.909. The van der Waals surface area contributed by atoms with Gasteiger partial charge in [-0.25, -0.2) is 0 Å². The van der Waals surface area contributed by atoms with Crippen molar-refractivity contribution >= 4 is 13.9 Å². The molecule has 3 heteroatoms. The van der Waals surface area contributed by atoms with E-state index in [1.54, 1.807) is 0 Å². The van der Waals surface area contributed by atoms with Crippen molar-refractivity contribution in [1.29, 1.82) is 0 Å². The number of nitrogens with zero attached hydrogens (tertiary/aromatic N) is 1. The Bertz CT molecular complexity index is 184. The van der Waals surface area contributed by atoms with Crippen molar-refractivity contribution in [2.45, 2.75) is 64.3 Å². The van der Waals surface area contributed by atoms with Gasteiger partial charge in [-0.05, 0) is 19.3 Å². The van der Waals surface area contributed by atoms with Crippen molar-refractivity contribution in [3.8, 4) is 0 Å². The van der Waals surface area contributed by atoms with Crippen LogP contribution in [-0.2, 0) is 4.79 Å². The monoisotopic (exact) mass is 193 g/mol. The Morgan fingerprint density at radius 2 is 2.21 bits per heavy atom. The highest BCUT2D eigenvalue weighted by molar-refractivity contribution is 6.14. The van der Waals surface area contributed by atoms with Gasteiger partial charge in [0.1, 0.15) is 0 Å². The molecule has 0 spiro atoms. The zero-order chi connectivity index (χ0) is 10.4. The summed E-state index contributed by atoms with van der Waals surface area (Å²) >= 11 is 0. The van der Waals surface area contributed by atoms with E-state index < -0.39 is 0 Å². The molecule has 0 aromatic rings. The van der Waals surface area contributed by atoms with Gasteiger partial charge < -0.3 is 4.81 Å². The van der Waals surface area contributed by atoms with Crippen molar-refractivity contribution < 1.29 is 4.79 Å². The fourth-order valence-electron chi connectivity index (χ4n) is 2.05. The van der Waals surface area contributed by atoms with Crippen molar-refractivity contribution in [3.63, 3.8) is 0 Å². The number of rotatable bonds is 5. The number of hydrogen-bond acceptors (Lipinski definition) is 1. The summed E-state index contributed by atoms with van der Waals surface area (Å²) in [6.07, 6.45) is 8.87. The van der Waals surface area contributed by atoms with Crippen molar-refractivity contribution in [3.05, 3.63) is 0 Å². The Hall–Kier alpha value is -0.465. The van der Waals surface area contributed by atoms with E-state index in [1.165, 1.54) is 30.5 Å². The Kier molecular flexibility index (Phi) is 5.06. The average molecular weight is 193 g/mol. The first-order valence-electron chi connectivity index (χ1n) is 5.82. The molecule has 2 nitrogen and oxygen atoms in total. The molecule has 1 rings (SSSR count). The molecular weight excluding hydrogens is 173 g/mol. The number of amides is 1. The lowest BCUT2D eigenvalue weighted by molar-refractivity contribution is -0.130. The molecule has 0 aliphatic carbocycles. The molecule has 14 heavy (non-hydrogen) atoms. The van der Waals surface area contributed by atoms with Gasteiger partial charge in [0.2, 0.25) is 13.9 Å². The summed E-state index contributed by atoms with van der Waals surface area (Å²) < 4.78 is 0. The third kappa shape index (κ3) is 3.35. The number of unbranched alkanes of at least 4 members (excludes halogenated alkanes) is 3. The molecule has 0 N–H and O–H groups in total. The molecule has 1 heterocycles. The zero-order valence-electron chi connectivity index (χ0n) is 9.17. The minimum Gasteiger partial charge on any atom is -0.394 e. The van der Waals surface area contributed by atoms with E-state index in [1.807, 2.05) is 0 Å². The van der Waals surface area contributed by atoms with E-state index >= 15 is 0 Å². The standard InChI is InChI=1S/C11H20BNO/c1-2-3-4-5-7-10-8-6-9-11(14)13(10)12/h10H,2-9H2,1H3. The molecule has 1 fully saturated rings. The second kappa shape index (κ2) is 6.10. The smallest absolute Gasteiger partial charge is 0.230 e. The highest BCUT2D eigenvalue weighted by atomic mass is 16.2. The van der Waals surface area contributed by atoms with Gasteiger partial charge in [-0.15, -0.1) is 0 Å². The van der Waals surface area contributed by atoms with Crippen LogP contribution in [0, 0.1) is 0 Å². The molecule has 0 bridgehead atoms. The summed E-state index contributed by atoms with van der Waals surface area (Å²) in [5.41, 5.74) is 0. The summed E-state index contributed by atoms with van der Waals surface area (Å²) in [6.45, 7) is 2.21. The maximum atomic E-state index is 11.3. The van der Waals surface area contributed by atoms with Gasteiger partial charge in [0.15, 0.2) is 0 Å². The lowest BCUT2D eigenvalue weighted by Gasteiger charge is -2.33. The van der Waals surface area contributed by atoms with Gasteiger partial charge in [-0.3, -0.25) is 4.79 Å². The molecular formula is C11H20BNO. The first-order chi connectivity index (χ1) is 6.75. The van der Waals surface area contributed by atoms with E-state index in [4.69, 9.17) is 7.98 Å². The molecule has 1 amide bonds. The van der Waals surface area contributed by atoms with E-state index in [0.29, 0.717) is 12.5 Å². The van der Waals surface area contributed by atoms with E-state index in [9.17, 15) is 4.79 Å². The van der Waals surface area contributed by atoms with Gasteiger partial charge >= 0.3 is 0 Å². The van der Waals surface area contributed by atoms with Crippen LogP contribution in [-0.4, -0.2) is 24.7 Å². The Morgan fingerprint density at radius 1 is 1.43 bits per heavy atom. The van der Waals surface area contributed by atoms with Gasteiger partial charge in [0, 0.05) is 12.5 Å². The first-order valence-corrected chi connectivity index (χ1v) is 5.82. The summed E-state index contributed by atoms with van der Waals surface area (Å²) in [7, 11) is 5.72. The van der Waals surface area contributed by atoms with Crippen LogP contribution in [0.1, 0.15) is 58.3 Å². The second-order valence-electron chi connectivity index (χ2n) is 4.20. The third-order valence-electron chi connectivity index (χ3n) is 3.00. The van der Waals surface area contributed by atoms with Crippen LogP contribution in [0.2, 0.25) is 0 Å². The number of carbonyl (C=O) groups excluding carboxylic acids is 1. The quantitative estimate of drug-likeness (QED) is 0.485. The Labute approximate surface area is 88.5 Å². The Balaban J connectivity index is 2.19. The number of carbonyl (C=O) groups is 1. The molecule has 1 saturated heterocycles. The van der Waals surface area contributed by atoms with Crippen LogP contribution in [0.5, 0.6) is 0 Å². The molecule has 0 saturated carbocycles. The molecule has 1 atom stereocenters. The lowest BCUT2D eigenvalue weighted by atomic mass is 9.93. The maximum Gasteiger partial charge on any atom is 0.230 e. The van der Waals surface area contributed by atoms with Crippen LogP contribution in [0.3, 0.4) is 0 Å². The molecule has 1 aliphatic rings. The summed E-state index contributed by atoms with van der Waals surface area (Å²) in [5.74, 6) is 0.122. The van der Waals surface area contributed by atoms with Crippen molar-refractivity contribution in [2.24, 2.45) is 0 Å². The predicted octanol–water partition coefficient (Wildman–Crippen LogP) is 2.42. The fourth-order valence-corrected chi connectivity index (χ4v) is 2.05. The molecule has 2 radical (unpaired) electrons. The molecule has 0 aromatic heterocycles. The van der Waals surface area contributed by atoms with Crippen molar-refractivity contribution in [1.82, 2.24) is 4.81 Å². The average Bonchev–Trinajstić information content (AvgIpc) is 2.19. The van der Waals surface area contributed by atoms with Gasteiger partial charge in [0.25, 0.3) is 0 Å². The van der Waals surface area contributed by atoms with Crippen LogP contribution in [0.15, 0.2) is 0 Å². The second-order valence-corrected chi connectivity index (χ2v) is 4.20. The van der Waals surface area contributed by atoms with E-state index in [0.717, 1.165) is 19.3 Å². The van der Waals surface area contributed by atoms with Gasteiger partial charge in [-0.2, -0.15) is 0 Å². The molecule has 0 aromatic carbocycles. The first kappa shape index (κ1) is 11.6. The maximum absolute atomic E-state index is 11.3. The van der Waals surface area contributed by atoms with Gasteiger partial charge in [0.05, 0.1) is 0 Å². The van der Waals surface area contributed by atoms with Crippen LogP contribution < -0.4 is 0 Å². The Morgan fingerprint density at radius 3 is 2.93 bits per heavy atom. The minimum atomic E-state index is 0.122. The topological polar surface area (TPSA) is 20.3 Å². The normalized spacial score (nSPS) is 22.8. The summed E-state index contributed by atoms with van der Waals surface area (Å²) in [6, 6.07) is 0.313. The predicted molar refractivity (Wildman–Crippen MR) is 59.0 cm³/mol. The minimum absolute atomic E-state index is 0.122. The summed E-state index contributed by atoms with van der Waals surface area (Å²) in [4.78, 5) is 12.8. The van der Waals surface area contributed by atoms with E-state index in [-0.39, 0.29) is 5.91 Å². The van der Waals surface area contributed by atoms with E-state index in [2.05, 4.69) is 6.92 Å². The SMILES string of the molecule is [B]N1C(=O)CCCC1CCCCCC. The molecule has 78 valence electrons. The summed E-state index contributed by atoms with van der Waals surface area (Å²) in [5, 5.41) is 0. The highest BCUT2D eigenvalue weighted by Gasteiger charge is 2.23. The van der Waals surface area contributed by atoms with Crippen LogP contribution in [0.4, 0.5) is 0 Å². The number of hydrogen-bond donors (Lipinski definition) is 0. The largest absolute Gasteiger partial charge is 0.394 e. The number of piperidine rings is 1.